The molecule has 1 N–H and O–H groups in total. The number of rotatable bonds is 3. The van der Waals surface area contributed by atoms with Gasteiger partial charge in [-0.25, -0.2) is 13.9 Å². The summed E-state index contributed by atoms with van der Waals surface area (Å²) in [7, 11) is 0. The minimum Gasteiger partial charge on any atom is -0.320 e. The van der Waals surface area contributed by atoms with Gasteiger partial charge in [0.15, 0.2) is 17.0 Å². The van der Waals surface area contributed by atoms with Crippen LogP contribution < -0.4 is 5.32 Å². The Bertz CT molecular complexity index is 1300. The van der Waals surface area contributed by atoms with Gasteiger partial charge in [0.25, 0.3) is 5.91 Å². The van der Waals surface area contributed by atoms with Crippen LogP contribution in [0.1, 0.15) is 21.7 Å². The molecule has 0 radical (unpaired) electrons. The average Bonchev–Trinajstić information content (AvgIpc) is 3.14. The molecule has 2 heterocycles. The Balaban J connectivity index is 1.79. The molecule has 4 aromatic rings. The van der Waals surface area contributed by atoms with Gasteiger partial charge in [0.1, 0.15) is 5.82 Å². The number of alkyl halides is 3. The van der Waals surface area contributed by atoms with E-state index < -0.39 is 23.6 Å². The fourth-order valence-electron chi connectivity index (χ4n) is 2.99. The van der Waals surface area contributed by atoms with E-state index in [9.17, 15) is 22.4 Å². The molecule has 31 heavy (non-hydrogen) atoms. The predicted molar refractivity (Wildman–Crippen MR) is 108 cm³/mol. The summed E-state index contributed by atoms with van der Waals surface area (Å²) in [6.45, 7) is 1.69. The van der Waals surface area contributed by atoms with Crippen LogP contribution in [-0.2, 0) is 6.18 Å². The Hall–Kier alpha value is -3.46. The number of nitrogens with zero attached hydrogens (tertiary/aromatic N) is 3. The number of nitrogens with one attached hydrogen (secondary N) is 1. The number of aromatic nitrogens is 3. The van der Waals surface area contributed by atoms with Gasteiger partial charge in [0.05, 0.1) is 5.69 Å². The second kappa shape index (κ2) is 7.66. The first kappa shape index (κ1) is 20.8. The van der Waals surface area contributed by atoms with E-state index in [0.717, 1.165) is 24.3 Å². The molecule has 0 unspecified atom stereocenters. The van der Waals surface area contributed by atoms with Crippen LogP contribution in [0.4, 0.5) is 23.2 Å². The fourth-order valence-corrected chi connectivity index (χ4v) is 3.16. The second-order valence-electron chi connectivity index (χ2n) is 6.70. The van der Waals surface area contributed by atoms with Gasteiger partial charge >= 0.3 is 6.18 Å². The van der Waals surface area contributed by atoms with E-state index in [-0.39, 0.29) is 22.6 Å². The van der Waals surface area contributed by atoms with Gasteiger partial charge in [-0.2, -0.15) is 18.3 Å². The maximum atomic E-state index is 13.7. The van der Waals surface area contributed by atoms with Crippen molar-refractivity contribution in [3.8, 4) is 11.3 Å². The maximum absolute atomic E-state index is 13.7. The Morgan fingerprint density at radius 3 is 2.48 bits per heavy atom. The summed E-state index contributed by atoms with van der Waals surface area (Å²) in [4.78, 5) is 16.8. The van der Waals surface area contributed by atoms with Crippen LogP contribution in [0.15, 0.2) is 54.6 Å². The summed E-state index contributed by atoms with van der Waals surface area (Å²) in [6.07, 6.45) is -4.76. The van der Waals surface area contributed by atoms with Gasteiger partial charge in [0, 0.05) is 22.3 Å². The Labute approximate surface area is 178 Å². The SMILES string of the molecule is Cc1c(Cl)cccc1NC(=O)c1cc2nc(-c3ccc(F)cc3)cc(C(F)(F)F)n2n1. The number of benzene rings is 2. The van der Waals surface area contributed by atoms with Crippen LogP contribution in [0, 0.1) is 12.7 Å². The summed E-state index contributed by atoms with van der Waals surface area (Å²) < 4.78 is 54.7. The zero-order valence-electron chi connectivity index (χ0n) is 15.8. The molecule has 0 aliphatic heterocycles. The highest BCUT2D eigenvalue weighted by molar-refractivity contribution is 6.31. The summed E-state index contributed by atoms with van der Waals surface area (Å²) in [5.74, 6) is -1.24. The van der Waals surface area contributed by atoms with Gasteiger partial charge < -0.3 is 5.32 Å². The van der Waals surface area contributed by atoms with Crippen molar-refractivity contribution in [2.24, 2.45) is 0 Å². The maximum Gasteiger partial charge on any atom is 0.433 e. The van der Waals surface area contributed by atoms with Crippen LogP contribution in [0.3, 0.4) is 0 Å². The summed E-state index contributed by atoms with van der Waals surface area (Å²) in [5.41, 5.74) is -0.279. The molecule has 0 saturated heterocycles. The molecule has 1 amide bonds. The third kappa shape index (κ3) is 4.09. The quantitative estimate of drug-likeness (QED) is 0.405. The van der Waals surface area contributed by atoms with Crippen molar-refractivity contribution >= 4 is 28.8 Å². The van der Waals surface area contributed by atoms with E-state index in [1.807, 2.05) is 0 Å². The van der Waals surface area contributed by atoms with E-state index in [4.69, 9.17) is 11.6 Å². The molecule has 0 aliphatic carbocycles. The van der Waals surface area contributed by atoms with Crippen LogP contribution >= 0.6 is 11.6 Å². The molecule has 4 rings (SSSR count). The number of fused-ring (bicyclic) bond motifs is 1. The third-order valence-electron chi connectivity index (χ3n) is 4.61. The van der Waals surface area contributed by atoms with Gasteiger partial charge in [-0.1, -0.05) is 17.7 Å². The number of carbonyl (C=O) groups excluding carboxylic acids is 1. The monoisotopic (exact) mass is 448 g/mol. The number of amides is 1. The van der Waals surface area contributed by atoms with E-state index in [1.54, 1.807) is 25.1 Å². The topological polar surface area (TPSA) is 59.3 Å². The molecular weight excluding hydrogens is 436 g/mol. The van der Waals surface area contributed by atoms with Crippen molar-refractivity contribution < 1.29 is 22.4 Å². The number of carbonyl (C=O) groups is 1. The van der Waals surface area contributed by atoms with E-state index in [2.05, 4.69) is 15.4 Å². The lowest BCUT2D eigenvalue weighted by Crippen LogP contribution is -2.16. The van der Waals surface area contributed by atoms with Crippen LogP contribution in [-0.4, -0.2) is 20.5 Å². The minimum atomic E-state index is -4.76. The highest BCUT2D eigenvalue weighted by Gasteiger charge is 2.35. The molecule has 2 aromatic carbocycles. The lowest BCUT2D eigenvalue weighted by atomic mass is 10.1. The van der Waals surface area contributed by atoms with E-state index >= 15 is 0 Å². The number of hydrogen-bond acceptors (Lipinski definition) is 3. The third-order valence-corrected chi connectivity index (χ3v) is 5.02. The van der Waals surface area contributed by atoms with Crippen LogP contribution in [0.5, 0.6) is 0 Å². The molecule has 5 nitrogen and oxygen atoms in total. The van der Waals surface area contributed by atoms with Gasteiger partial charge in [-0.15, -0.1) is 0 Å². The predicted octanol–water partition coefficient (Wildman–Crippen LogP) is 5.77. The van der Waals surface area contributed by atoms with Crippen molar-refractivity contribution in [3.63, 3.8) is 0 Å². The standard InChI is InChI=1S/C21H13ClF4N4O/c1-11-14(22)3-2-4-15(11)28-20(31)17-10-19-27-16(12-5-7-13(23)8-6-12)9-18(21(24,25)26)30(19)29-17/h2-10H,1H3,(H,28,31). The zero-order valence-corrected chi connectivity index (χ0v) is 16.6. The van der Waals surface area contributed by atoms with Crippen molar-refractivity contribution in [1.82, 2.24) is 14.6 Å². The molecule has 0 spiro atoms. The Kier molecular flexibility index (Phi) is 5.14. The number of hydrogen-bond donors (Lipinski definition) is 1. The summed E-state index contributed by atoms with van der Waals surface area (Å²) in [5, 5.41) is 6.82. The zero-order chi connectivity index (χ0) is 22.3. The summed E-state index contributed by atoms with van der Waals surface area (Å²) in [6, 6.07) is 11.7. The normalized spacial score (nSPS) is 11.7. The first-order valence-corrected chi connectivity index (χ1v) is 9.32. The molecule has 10 heteroatoms. The molecule has 0 aliphatic rings. The van der Waals surface area contributed by atoms with Crippen LogP contribution in [0.25, 0.3) is 16.9 Å². The Morgan fingerprint density at radius 2 is 1.81 bits per heavy atom. The van der Waals surface area contributed by atoms with Crippen LogP contribution in [0.2, 0.25) is 5.02 Å². The second-order valence-corrected chi connectivity index (χ2v) is 7.10. The molecule has 2 aromatic heterocycles. The first-order chi connectivity index (χ1) is 14.6. The van der Waals surface area contributed by atoms with Crippen molar-refractivity contribution in [2.75, 3.05) is 5.32 Å². The van der Waals surface area contributed by atoms with Crippen molar-refractivity contribution in [3.05, 3.63) is 82.4 Å². The summed E-state index contributed by atoms with van der Waals surface area (Å²) >= 11 is 6.03. The van der Waals surface area contributed by atoms with Gasteiger partial charge in [-0.3, -0.25) is 4.79 Å². The van der Waals surface area contributed by atoms with Crippen molar-refractivity contribution in [2.45, 2.75) is 13.1 Å². The van der Waals surface area contributed by atoms with Gasteiger partial charge in [0.2, 0.25) is 0 Å². The smallest absolute Gasteiger partial charge is 0.320 e. The first-order valence-electron chi connectivity index (χ1n) is 8.94. The highest BCUT2D eigenvalue weighted by atomic mass is 35.5. The molecule has 0 fully saturated rings. The lowest BCUT2D eigenvalue weighted by molar-refractivity contribution is -0.142. The average molecular weight is 449 g/mol. The number of halogens is 5. The molecule has 0 atom stereocenters. The molecular formula is C21H13ClF4N4O. The Morgan fingerprint density at radius 1 is 1.10 bits per heavy atom. The molecule has 0 bridgehead atoms. The largest absolute Gasteiger partial charge is 0.433 e. The van der Waals surface area contributed by atoms with Crippen molar-refractivity contribution in [1.29, 1.82) is 0 Å². The van der Waals surface area contributed by atoms with Gasteiger partial charge in [-0.05, 0) is 55.0 Å². The van der Waals surface area contributed by atoms with E-state index in [1.165, 1.54) is 12.1 Å². The molecule has 158 valence electrons. The molecule has 0 saturated carbocycles. The number of anilines is 1. The minimum absolute atomic E-state index is 0.0302. The lowest BCUT2D eigenvalue weighted by Gasteiger charge is -2.11. The fraction of sp³-hybridized carbons (Fsp3) is 0.0952. The van der Waals surface area contributed by atoms with E-state index in [0.29, 0.717) is 20.8 Å². The highest BCUT2D eigenvalue weighted by Crippen LogP contribution is 2.32.